The molecule has 27 heavy (non-hydrogen) atoms. The lowest BCUT2D eigenvalue weighted by molar-refractivity contribution is -0.115. The van der Waals surface area contributed by atoms with Crippen molar-refractivity contribution in [1.82, 2.24) is 4.98 Å². The van der Waals surface area contributed by atoms with Gasteiger partial charge in [-0.2, -0.15) is 0 Å². The molecule has 3 nitrogen and oxygen atoms in total. The van der Waals surface area contributed by atoms with Crippen LogP contribution in [0.4, 0.5) is 27.6 Å². The number of aromatic nitrogens is 1. The summed E-state index contributed by atoms with van der Waals surface area (Å²) < 4.78 is 66.9. The topological polar surface area (TPSA) is 42.0 Å². The number of amides is 1. The van der Waals surface area contributed by atoms with Crippen molar-refractivity contribution in [3.63, 3.8) is 0 Å². The Kier molecular flexibility index (Phi) is 5.22. The molecule has 3 aromatic rings. The Hall–Kier alpha value is -2.81. The first-order valence-electron chi connectivity index (χ1n) is 7.60. The van der Waals surface area contributed by atoms with Crippen molar-refractivity contribution in [3.05, 3.63) is 69.3 Å². The van der Waals surface area contributed by atoms with E-state index in [1.807, 2.05) is 12.3 Å². The van der Waals surface area contributed by atoms with Gasteiger partial charge in [-0.1, -0.05) is 12.1 Å². The third-order valence-electron chi connectivity index (χ3n) is 3.70. The first-order valence-corrected chi connectivity index (χ1v) is 8.48. The molecular formula is C18H11F5N2OS. The first-order chi connectivity index (χ1) is 12.8. The molecule has 0 bridgehead atoms. The van der Waals surface area contributed by atoms with E-state index >= 15 is 0 Å². The molecule has 0 aliphatic rings. The molecule has 0 aliphatic heterocycles. The van der Waals surface area contributed by atoms with Crippen LogP contribution in [0.3, 0.4) is 0 Å². The molecule has 1 aromatic heterocycles. The zero-order valence-electron chi connectivity index (χ0n) is 13.7. The molecule has 1 N–H and O–H groups in total. The summed E-state index contributed by atoms with van der Waals surface area (Å²) in [6, 6.07) is 6.51. The highest BCUT2D eigenvalue weighted by Crippen LogP contribution is 2.26. The van der Waals surface area contributed by atoms with Gasteiger partial charge in [-0.15, -0.1) is 11.3 Å². The summed E-state index contributed by atoms with van der Waals surface area (Å²) in [5, 5.41) is 5.06. The molecule has 140 valence electrons. The van der Waals surface area contributed by atoms with E-state index in [1.165, 1.54) is 17.4 Å². The van der Waals surface area contributed by atoms with Crippen LogP contribution in [0.5, 0.6) is 0 Å². The second-order valence-corrected chi connectivity index (χ2v) is 6.67. The van der Waals surface area contributed by atoms with Crippen molar-refractivity contribution < 1.29 is 26.7 Å². The second-order valence-electron chi connectivity index (χ2n) is 5.61. The van der Waals surface area contributed by atoms with E-state index in [1.54, 1.807) is 18.2 Å². The van der Waals surface area contributed by atoms with Gasteiger partial charge in [-0.05, 0) is 19.1 Å². The Balaban J connectivity index is 1.81. The van der Waals surface area contributed by atoms with E-state index in [4.69, 9.17) is 0 Å². The Morgan fingerprint density at radius 3 is 2.26 bits per heavy atom. The SMILES string of the molecule is Cc1nc(-c2cccc(NC(=O)Cc3c(F)c(F)c(F)c(F)c3F)c2)cs1. The zero-order chi connectivity index (χ0) is 19.7. The normalized spacial score (nSPS) is 10.9. The molecule has 0 unspecified atom stereocenters. The van der Waals surface area contributed by atoms with Gasteiger partial charge in [0.1, 0.15) is 0 Å². The number of carbonyl (C=O) groups is 1. The van der Waals surface area contributed by atoms with E-state index in [2.05, 4.69) is 10.3 Å². The fraction of sp³-hybridized carbons (Fsp3) is 0.111. The second kappa shape index (κ2) is 7.43. The van der Waals surface area contributed by atoms with Gasteiger partial charge in [-0.3, -0.25) is 4.79 Å². The third kappa shape index (κ3) is 3.82. The molecule has 0 saturated carbocycles. The molecule has 1 amide bonds. The average molecular weight is 398 g/mol. The smallest absolute Gasteiger partial charge is 0.229 e. The molecule has 1 heterocycles. The summed E-state index contributed by atoms with van der Waals surface area (Å²) in [5.74, 6) is -11.4. The van der Waals surface area contributed by atoms with Crippen LogP contribution in [0.25, 0.3) is 11.3 Å². The number of carbonyl (C=O) groups excluding carboxylic acids is 1. The molecule has 0 saturated heterocycles. The lowest BCUT2D eigenvalue weighted by atomic mass is 10.1. The average Bonchev–Trinajstić information content (AvgIpc) is 3.09. The van der Waals surface area contributed by atoms with Gasteiger partial charge in [0.2, 0.25) is 11.7 Å². The Bertz CT molecular complexity index is 1010. The zero-order valence-corrected chi connectivity index (χ0v) is 14.6. The maximum atomic E-state index is 13.7. The quantitative estimate of drug-likeness (QED) is 0.382. The molecule has 0 fully saturated rings. The summed E-state index contributed by atoms with van der Waals surface area (Å²) in [4.78, 5) is 16.4. The predicted octanol–water partition coefficient (Wildman–Crippen LogP) is 5.00. The predicted molar refractivity (Wildman–Crippen MR) is 90.9 cm³/mol. The van der Waals surface area contributed by atoms with Crippen molar-refractivity contribution in [2.24, 2.45) is 0 Å². The molecule has 3 rings (SSSR count). The number of nitrogens with one attached hydrogen (secondary N) is 1. The number of hydrogen-bond acceptors (Lipinski definition) is 3. The van der Waals surface area contributed by atoms with E-state index in [-0.39, 0.29) is 0 Å². The van der Waals surface area contributed by atoms with Gasteiger partial charge in [-0.25, -0.2) is 26.9 Å². The third-order valence-corrected chi connectivity index (χ3v) is 4.47. The van der Waals surface area contributed by atoms with Crippen molar-refractivity contribution >= 4 is 22.9 Å². The summed E-state index contributed by atoms with van der Waals surface area (Å²) in [6.07, 6.45) is -1.01. The van der Waals surface area contributed by atoms with Crippen LogP contribution >= 0.6 is 11.3 Å². The highest BCUT2D eigenvalue weighted by atomic mass is 32.1. The minimum Gasteiger partial charge on any atom is -0.326 e. The lowest BCUT2D eigenvalue weighted by Gasteiger charge is -2.09. The fourth-order valence-electron chi connectivity index (χ4n) is 2.42. The molecule has 0 radical (unpaired) electrons. The monoisotopic (exact) mass is 398 g/mol. The van der Waals surface area contributed by atoms with Crippen LogP contribution in [0, 0.1) is 36.0 Å². The Morgan fingerprint density at radius 1 is 1.04 bits per heavy atom. The highest BCUT2D eigenvalue weighted by molar-refractivity contribution is 7.09. The van der Waals surface area contributed by atoms with Crippen LogP contribution in [0.2, 0.25) is 0 Å². The molecule has 0 atom stereocenters. The van der Waals surface area contributed by atoms with Gasteiger partial charge in [0.25, 0.3) is 0 Å². The van der Waals surface area contributed by atoms with Gasteiger partial charge in [0.05, 0.1) is 17.1 Å². The molecule has 9 heteroatoms. The van der Waals surface area contributed by atoms with Crippen LogP contribution in [-0.2, 0) is 11.2 Å². The van der Waals surface area contributed by atoms with Crippen molar-refractivity contribution in [1.29, 1.82) is 0 Å². The Morgan fingerprint density at radius 2 is 1.67 bits per heavy atom. The number of aryl methyl sites for hydroxylation is 1. The van der Waals surface area contributed by atoms with Crippen molar-refractivity contribution in [3.8, 4) is 11.3 Å². The van der Waals surface area contributed by atoms with E-state index < -0.39 is 47.0 Å². The summed E-state index contributed by atoms with van der Waals surface area (Å²) in [6.45, 7) is 1.84. The van der Waals surface area contributed by atoms with Crippen LogP contribution in [-0.4, -0.2) is 10.9 Å². The fourth-order valence-corrected chi connectivity index (χ4v) is 3.05. The van der Waals surface area contributed by atoms with Gasteiger partial charge < -0.3 is 5.32 Å². The van der Waals surface area contributed by atoms with Crippen molar-refractivity contribution in [2.75, 3.05) is 5.32 Å². The van der Waals surface area contributed by atoms with E-state index in [9.17, 15) is 26.7 Å². The largest absolute Gasteiger partial charge is 0.326 e. The number of halogens is 5. The lowest BCUT2D eigenvalue weighted by Crippen LogP contribution is -2.18. The van der Waals surface area contributed by atoms with Crippen LogP contribution in [0.1, 0.15) is 10.6 Å². The number of rotatable bonds is 4. The van der Waals surface area contributed by atoms with Crippen LogP contribution in [0.15, 0.2) is 29.6 Å². The van der Waals surface area contributed by atoms with Gasteiger partial charge in [0, 0.05) is 22.2 Å². The maximum absolute atomic E-state index is 13.7. The number of benzene rings is 2. The van der Waals surface area contributed by atoms with Crippen molar-refractivity contribution in [2.45, 2.75) is 13.3 Å². The summed E-state index contributed by atoms with van der Waals surface area (Å²) in [5.41, 5.74) is 0.504. The number of hydrogen-bond donors (Lipinski definition) is 1. The number of nitrogens with zero attached hydrogens (tertiary/aromatic N) is 1. The minimum absolute atomic E-state index is 0.298. The molecular weight excluding hydrogens is 387 g/mol. The van der Waals surface area contributed by atoms with Gasteiger partial charge >= 0.3 is 0 Å². The molecule has 0 spiro atoms. The van der Waals surface area contributed by atoms with Crippen LogP contribution < -0.4 is 5.32 Å². The van der Waals surface area contributed by atoms with E-state index in [0.29, 0.717) is 16.9 Å². The summed E-state index contributed by atoms with van der Waals surface area (Å²) >= 11 is 1.44. The summed E-state index contributed by atoms with van der Waals surface area (Å²) in [7, 11) is 0. The first kappa shape index (κ1) is 19.0. The maximum Gasteiger partial charge on any atom is 0.229 e. The standard InChI is InChI=1S/C18H11F5N2OS/c1-8-24-12(7-27-8)9-3-2-4-10(5-9)25-13(26)6-11-14(19)16(21)18(23)17(22)15(11)20/h2-5,7H,6H2,1H3,(H,25,26). The highest BCUT2D eigenvalue weighted by Gasteiger charge is 2.26. The number of anilines is 1. The molecule has 0 aliphatic carbocycles. The molecule has 2 aromatic carbocycles. The number of thiazole rings is 1. The van der Waals surface area contributed by atoms with Gasteiger partial charge in [0.15, 0.2) is 23.3 Å². The van der Waals surface area contributed by atoms with E-state index in [0.717, 1.165) is 5.01 Å². The minimum atomic E-state index is -2.26. The Labute approximate surface area is 154 Å².